The van der Waals surface area contributed by atoms with Crippen molar-refractivity contribution in [3.63, 3.8) is 0 Å². The molecular weight excluding hydrogens is 476 g/mol. The van der Waals surface area contributed by atoms with E-state index in [1.807, 2.05) is 6.92 Å². The summed E-state index contributed by atoms with van der Waals surface area (Å²) in [5.41, 5.74) is 1.15. The number of para-hydroxylation sites is 2. The lowest BCUT2D eigenvalue weighted by atomic mass is 10.2. The molecule has 182 valence electrons. The molecule has 0 aromatic heterocycles. The van der Waals surface area contributed by atoms with E-state index >= 15 is 0 Å². The lowest BCUT2D eigenvalue weighted by molar-refractivity contribution is 0.161. The van der Waals surface area contributed by atoms with Crippen molar-refractivity contribution < 1.29 is 26.7 Å². The lowest BCUT2D eigenvalue weighted by Gasteiger charge is -2.29. The summed E-state index contributed by atoms with van der Waals surface area (Å²) < 4.78 is 60.2. The van der Waals surface area contributed by atoms with Crippen molar-refractivity contribution >= 4 is 25.7 Å². The maximum absolute atomic E-state index is 13.5. The molecule has 0 bridgehead atoms. The van der Waals surface area contributed by atoms with E-state index in [2.05, 4.69) is 0 Å². The van der Waals surface area contributed by atoms with Gasteiger partial charge in [-0.2, -0.15) is 4.31 Å². The number of hydrogen-bond acceptors (Lipinski definition) is 6. The van der Waals surface area contributed by atoms with E-state index in [0.29, 0.717) is 5.75 Å². The number of anilines is 1. The summed E-state index contributed by atoms with van der Waals surface area (Å²) in [5.74, 6) is 0.301. The van der Waals surface area contributed by atoms with Crippen molar-refractivity contribution in [1.82, 2.24) is 4.31 Å². The van der Waals surface area contributed by atoms with Crippen LogP contribution in [0.25, 0.3) is 0 Å². The van der Waals surface area contributed by atoms with Gasteiger partial charge in [0.1, 0.15) is 5.75 Å². The molecule has 8 nitrogen and oxygen atoms in total. The number of aliphatic hydroxyl groups excluding tert-OH is 1. The first-order valence-corrected chi connectivity index (χ1v) is 13.4. The van der Waals surface area contributed by atoms with E-state index in [1.165, 1.54) is 38.4 Å². The predicted molar refractivity (Wildman–Crippen MR) is 131 cm³/mol. The fraction of sp³-hybridized carbons (Fsp3) is 0.250. The molecule has 0 fully saturated rings. The molecule has 34 heavy (non-hydrogen) atoms. The van der Waals surface area contributed by atoms with Crippen molar-refractivity contribution in [3.8, 4) is 5.75 Å². The predicted octanol–water partition coefficient (Wildman–Crippen LogP) is 2.88. The maximum atomic E-state index is 13.5. The summed E-state index contributed by atoms with van der Waals surface area (Å²) >= 11 is 0. The molecule has 0 aliphatic heterocycles. The number of methoxy groups -OCH3 is 1. The van der Waals surface area contributed by atoms with Gasteiger partial charge in [-0.05, 0) is 43.3 Å². The average Bonchev–Trinajstić information content (AvgIpc) is 2.83. The molecule has 1 atom stereocenters. The number of benzene rings is 3. The molecule has 0 saturated carbocycles. The lowest BCUT2D eigenvalue weighted by Crippen LogP contribution is -2.43. The van der Waals surface area contributed by atoms with Crippen LogP contribution in [0, 0.1) is 6.92 Å². The van der Waals surface area contributed by atoms with E-state index in [-0.39, 0.29) is 28.6 Å². The number of ether oxygens (including phenoxy) is 1. The maximum Gasteiger partial charge on any atom is 0.264 e. The second kappa shape index (κ2) is 10.6. The molecule has 1 N–H and O–H groups in total. The van der Waals surface area contributed by atoms with Gasteiger partial charge in [0.05, 0.1) is 35.2 Å². The molecule has 10 heteroatoms. The fourth-order valence-corrected chi connectivity index (χ4v) is 6.16. The Kier molecular flexibility index (Phi) is 7.98. The number of rotatable bonds is 10. The SMILES string of the molecule is COc1ccccc1N(CC(O)CN(C)S(=O)(=O)c1ccc(C)cc1)S(=O)(=O)c1ccccc1. The molecule has 0 spiro atoms. The highest BCUT2D eigenvalue weighted by atomic mass is 32.2. The second-order valence-electron chi connectivity index (χ2n) is 7.77. The summed E-state index contributed by atoms with van der Waals surface area (Å²) in [5, 5.41) is 10.8. The Hall–Kier alpha value is -2.92. The van der Waals surface area contributed by atoms with Crippen molar-refractivity contribution in [2.45, 2.75) is 22.8 Å². The Bertz CT molecular complexity index is 1310. The molecule has 0 heterocycles. The summed E-state index contributed by atoms with van der Waals surface area (Å²) in [4.78, 5) is 0.125. The summed E-state index contributed by atoms with van der Waals surface area (Å²) in [6.07, 6.45) is -1.33. The fourth-order valence-electron chi connectivity index (χ4n) is 3.42. The minimum absolute atomic E-state index is 0.0359. The Morgan fingerprint density at radius 2 is 1.35 bits per heavy atom. The largest absolute Gasteiger partial charge is 0.495 e. The van der Waals surface area contributed by atoms with E-state index in [9.17, 15) is 21.9 Å². The molecule has 0 aliphatic carbocycles. The molecule has 3 aromatic carbocycles. The van der Waals surface area contributed by atoms with Crippen LogP contribution in [0.15, 0.2) is 88.7 Å². The number of likely N-dealkylation sites (N-methyl/N-ethyl adjacent to an activating group) is 1. The van der Waals surface area contributed by atoms with Crippen LogP contribution in [0.2, 0.25) is 0 Å². The molecule has 0 amide bonds. The van der Waals surface area contributed by atoms with Gasteiger partial charge in [-0.25, -0.2) is 16.8 Å². The zero-order valence-electron chi connectivity index (χ0n) is 19.2. The normalized spacial score (nSPS) is 13.0. The van der Waals surface area contributed by atoms with Crippen LogP contribution in [-0.4, -0.2) is 59.6 Å². The van der Waals surface area contributed by atoms with Crippen molar-refractivity contribution in [3.05, 3.63) is 84.4 Å². The Balaban J connectivity index is 1.91. The standard InChI is InChI=1S/C24H28N2O6S2/c1-19-13-15-22(16-14-19)33(28,29)25(2)17-20(27)18-26(23-11-7-8-12-24(23)32-3)34(30,31)21-9-5-4-6-10-21/h4-16,20,27H,17-18H2,1-3H3. The molecule has 3 rings (SSSR count). The van der Waals surface area contributed by atoms with Gasteiger partial charge >= 0.3 is 0 Å². The third-order valence-corrected chi connectivity index (χ3v) is 8.89. The number of nitrogens with zero attached hydrogens (tertiary/aromatic N) is 2. The van der Waals surface area contributed by atoms with Gasteiger partial charge in [0.2, 0.25) is 10.0 Å². The Labute approximate surface area is 201 Å². The van der Waals surface area contributed by atoms with Crippen molar-refractivity contribution in [1.29, 1.82) is 0 Å². The highest BCUT2D eigenvalue weighted by Crippen LogP contribution is 2.32. The number of sulfonamides is 2. The smallest absolute Gasteiger partial charge is 0.264 e. The monoisotopic (exact) mass is 504 g/mol. The minimum Gasteiger partial charge on any atom is -0.495 e. The average molecular weight is 505 g/mol. The van der Waals surface area contributed by atoms with Crippen LogP contribution in [-0.2, 0) is 20.0 Å². The van der Waals surface area contributed by atoms with Crippen LogP contribution >= 0.6 is 0 Å². The van der Waals surface area contributed by atoms with E-state index < -0.39 is 26.2 Å². The Morgan fingerprint density at radius 1 is 0.794 bits per heavy atom. The quantitative estimate of drug-likeness (QED) is 0.455. The van der Waals surface area contributed by atoms with Crippen LogP contribution < -0.4 is 9.04 Å². The summed E-state index contributed by atoms with van der Waals surface area (Å²) in [7, 11) is -5.19. The number of hydrogen-bond donors (Lipinski definition) is 1. The number of aryl methyl sites for hydroxylation is 1. The minimum atomic E-state index is -4.08. The molecule has 1 unspecified atom stereocenters. The third-order valence-electron chi connectivity index (χ3n) is 5.26. The highest BCUT2D eigenvalue weighted by Gasteiger charge is 2.31. The van der Waals surface area contributed by atoms with Crippen LogP contribution in [0.4, 0.5) is 5.69 Å². The van der Waals surface area contributed by atoms with Gasteiger partial charge in [0.15, 0.2) is 0 Å². The van der Waals surface area contributed by atoms with Crippen LogP contribution in [0.3, 0.4) is 0 Å². The van der Waals surface area contributed by atoms with E-state index in [1.54, 1.807) is 54.6 Å². The molecular formula is C24H28N2O6S2. The van der Waals surface area contributed by atoms with Gasteiger partial charge in [-0.1, -0.05) is 48.0 Å². The molecule has 3 aromatic rings. The van der Waals surface area contributed by atoms with Crippen LogP contribution in [0.1, 0.15) is 5.56 Å². The molecule has 0 saturated heterocycles. The topological polar surface area (TPSA) is 104 Å². The van der Waals surface area contributed by atoms with Crippen molar-refractivity contribution in [2.75, 3.05) is 31.6 Å². The van der Waals surface area contributed by atoms with Gasteiger partial charge in [0, 0.05) is 13.6 Å². The summed E-state index contributed by atoms with van der Waals surface area (Å²) in [6.45, 7) is 1.15. The zero-order valence-corrected chi connectivity index (χ0v) is 20.8. The van der Waals surface area contributed by atoms with E-state index in [0.717, 1.165) is 14.2 Å². The van der Waals surface area contributed by atoms with E-state index in [4.69, 9.17) is 4.74 Å². The van der Waals surface area contributed by atoms with Gasteiger partial charge in [-0.15, -0.1) is 0 Å². The van der Waals surface area contributed by atoms with Crippen molar-refractivity contribution in [2.24, 2.45) is 0 Å². The van der Waals surface area contributed by atoms with Gasteiger partial charge in [-0.3, -0.25) is 4.31 Å². The second-order valence-corrected chi connectivity index (χ2v) is 11.7. The molecule has 0 aliphatic rings. The first-order valence-electron chi connectivity index (χ1n) is 10.5. The number of aliphatic hydroxyl groups is 1. The van der Waals surface area contributed by atoms with Crippen LogP contribution in [0.5, 0.6) is 5.75 Å². The third kappa shape index (κ3) is 5.58. The summed E-state index contributed by atoms with van der Waals surface area (Å²) in [6, 6.07) is 20.7. The Morgan fingerprint density at radius 3 is 1.97 bits per heavy atom. The zero-order chi connectivity index (χ0) is 24.9. The van der Waals surface area contributed by atoms with Gasteiger partial charge in [0.25, 0.3) is 10.0 Å². The highest BCUT2D eigenvalue weighted by molar-refractivity contribution is 7.92. The first-order chi connectivity index (χ1) is 16.1. The van der Waals surface area contributed by atoms with Gasteiger partial charge < -0.3 is 9.84 Å². The first kappa shape index (κ1) is 25.7. The molecule has 0 radical (unpaired) electrons.